The number of benzene rings is 1. The first-order valence-corrected chi connectivity index (χ1v) is 13.9. The molecule has 8 nitrogen and oxygen atoms in total. The van der Waals surface area contributed by atoms with Gasteiger partial charge in [-0.1, -0.05) is 23.8 Å². The summed E-state index contributed by atoms with van der Waals surface area (Å²) in [6, 6.07) is 6.94. The Balaban J connectivity index is 1.49. The molecule has 0 amide bonds. The maximum absolute atomic E-state index is 13.1. The lowest BCUT2D eigenvalue weighted by Crippen LogP contribution is -2.57. The maximum atomic E-state index is 13.1. The molecular formula is C20H32N4O4S2. The number of nitrogens with one attached hydrogen (secondary N) is 1. The van der Waals surface area contributed by atoms with Crippen molar-refractivity contribution in [1.29, 1.82) is 0 Å². The summed E-state index contributed by atoms with van der Waals surface area (Å²) < 4.78 is 52.1. The number of nitrogens with two attached hydrogens (primary N) is 1. The lowest BCUT2D eigenvalue weighted by molar-refractivity contribution is 0.0220. The number of sulfonamides is 1. The molecule has 30 heavy (non-hydrogen) atoms. The molecule has 0 radical (unpaired) electrons. The van der Waals surface area contributed by atoms with Crippen molar-refractivity contribution in [2.75, 3.05) is 31.9 Å². The van der Waals surface area contributed by atoms with Crippen molar-refractivity contribution < 1.29 is 16.8 Å². The quantitative estimate of drug-likeness (QED) is 0.618. The normalized spacial score (nSPS) is 27.9. The molecule has 3 atom stereocenters. The van der Waals surface area contributed by atoms with Crippen LogP contribution in [0.15, 0.2) is 18.2 Å². The molecule has 2 fully saturated rings. The summed E-state index contributed by atoms with van der Waals surface area (Å²) in [5.41, 5.74) is 4.02. The lowest BCUT2D eigenvalue weighted by Gasteiger charge is -2.51. The Morgan fingerprint density at radius 1 is 1.20 bits per heavy atom. The summed E-state index contributed by atoms with van der Waals surface area (Å²) in [6.07, 6.45) is 4.04. The third kappa shape index (κ3) is 4.73. The van der Waals surface area contributed by atoms with Gasteiger partial charge in [0.1, 0.15) is 0 Å². The highest BCUT2D eigenvalue weighted by Crippen LogP contribution is 2.43. The number of aryl methyl sites for hydroxylation is 1. The second kappa shape index (κ2) is 8.48. The average molecular weight is 457 g/mol. The van der Waals surface area contributed by atoms with Gasteiger partial charge in [0, 0.05) is 38.3 Å². The molecule has 0 aliphatic carbocycles. The van der Waals surface area contributed by atoms with Crippen LogP contribution < -0.4 is 9.86 Å². The zero-order valence-corrected chi connectivity index (χ0v) is 19.1. The molecule has 0 unspecified atom stereocenters. The number of piperidine rings is 2. The van der Waals surface area contributed by atoms with Crippen LogP contribution in [0.2, 0.25) is 0 Å². The summed E-state index contributed by atoms with van der Waals surface area (Å²) in [4.78, 5) is 2.55. The van der Waals surface area contributed by atoms with Crippen molar-refractivity contribution in [2.24, 2.45) is 11.1 Å². The van der Waals surface area contributed by atoms with Gasteiger partial charge in [-0.25, -0.2) is 18.3 Å². The Hall–Kier alpha value is -1.04. The molecule has 3 N–H and O–H groups in total. The molecule has 0 aromatic heterocycles. The molecule has 2 saturated heterocycles. The van der Waals surface area contributed by atoms with Crippen LogP contribution in [0.3, 0.4) is 0 Å². The van der Waals surface area contributed by atoms with E-state index in [9.17, 15) is 16.8 Å². The van der Waals surface area contributed by atoms with Crippen LogP contribution in [0.25, 0.3) is 0 Å². The standard InChI is InChI=1S/C20H32N4O4S2/c1-15-5-6-18-16(12-15)7-10-23-14-17-4-2-9-24(19(17)13-20(18)23)29(25,26)11-3-8-22-30(21,27)28/h5-6,12,17,19-20,22H,2-4,7-11,13-14H2,1H3,(H2,21,27,28)/t17-,19+,20+/m1/s1. The van der Waals surface area contributed by atoms with Crippen LogP contribution in [0.5, 0.6) is 0 Å². The number of nitrogens with zero attached hydrogens (tertiary/aromatic N) is 2. The summed E-state index contributed by atoms with van der Waals surface area (Å²) in [5.74, 6) is 0.294. The van der Waals surface area contributed by atoms with Crippen molar-refractivity contribution in [3.8, 4) is 0 Å². The monoisotopic (exact) mass is 456 g/mol. The van der Waals surface area contributed by atoms with Crippen molar-refractivity contribution in [2.45, 2.75) is 51.1 Å². The van der Waals surface area contributed by atoms with Crippen molar-refractivity contribution >= 4 is 20.2 Å². The minimum atomic E-state index is -3.79. The second-order valence-electron chi connectivity index (χ2n) is 8.89. The van der Waals surface area contributed by atoms with Crippen molar-refractivity contribution in [1.82, 2.24) is 13.9 Å². The van der Waals surface area contributed by atoms with E-state index < -0.39 is 20.2 Å². The molecule has 4 rings (SSSR count). The van der Waals surface area contributed by atoms with Crippen LogP contribution in [-0.4, -0.2) is 64.0 Å². The van der Waals surface area contributed by atoms with Gasteiger partial charge in [-0.2, -0.15) is 12.7 Å². The van der Waals surface area contributed by atoms with E-state index in [0.29, 0.717) is 12.5 Å². The molecule has 1 aromatic carbocycles. The predicted molar refractivity (Wildman–Crippen MR) is 117 cm³/mol. The average Bonchev–Trinajstić information content (AvgIpc) is 2.68. The van der Waals surface area contributed by atoms with Gasteiger partial charge in [-0.3, -0.25) is 4.90 Å². The molecule has 3 heterocycles. The molecule has 0 spiro atoms. The number of rotatable bonds is 6. The minimum Gasteiger partial charge on any atom is -0.296 e. The van der Waals surface area contributed by atoms with E-state index in [2.05, 4.69) is 34.7 Å². The molecule has 3 aliphatic heterocycles. The first kappa shape index (κ1) is 22.2. The van der Waals surface area contributed by atoms with E-state index in [4.69, 9.17) is 5.14 Å². The second-order valence-corrected chi connectivity index (χ2v) is 12.3. The maximum Gasteiger partial charge on any atom is 0.274 e. The fraction of sp³-hybridized carbons (Fsp3) is 0.700. The van der Waals surface area contributed by atoms with Crippen molar-refractivity contribution in [3.63, 3.8) is 0 Å². The first-order chi connectivity index (χ1) is 14.1. The van der Waals surface area contributed by atoms with E-state index in [1.54, 1.807) is 4.31 Å². The fourth-order valence-corrected chi connectivity index (χ4v) is 7.73. The van der Waals surface area contributed by atoms with E-state index in [0.717, 1.165) is 38.8 Å². The zero-order valence-electron chi connectivity index (χ0n) is 17.5. The van der Waals surface area contributed by atoms with Crippen LogP contribution in [0, 0.1) is 12.8 Å². The Morgan fingerprint density at radius 2 is 2.00 bits per heavy atom. The van der Waals surface area contributed by atoms with Gasteiger partial charge in [0.2, 0.25) is 10.0 Å². The Morgan fingerprint density at radius 3 is 2.77 bits per heavy atom. The van der Waals surface area contributed by atoms with Gasteiger partial charge in [-0.15, -0.1) is 0 Å². The van der Waals surface area contributed by atoms with Gasteiger partial charge in [0.25, 0.3) is 10.2 Å². The molecular weight excluding hydrogens is 424 g/mol. The highest BCUT2D eigenvalue weighted by molar-refractivity contribution is 7.89. The summed E-state index contributed by atoms with van der Waals surface area (Å²) in [6.45, 7) is 4.68. The van der Waals surface area contributed by atoms with E-state index in [1.807, 2.05) is 0 Å². The first-order valence-electron chi connectivity index (χ1n) is 10.7. The van der Waals surface area contributed by atoms with E-state index in [-0.39, 0.29) is 30.8 Å². The summed E-state index contributed by atoms with van der Waals surface area (Å²) in [5, 5.41) is 4.92. The molecule has 0 saturated carbocycles. The van der Waals surface area contributed by atoms with Crippen molar-refractivity contribution in [3.05, 3.63) is 34.9 Å². The SMILES string of the molecule is Cc1ccc2c(c1)CCN1C[C@H]3CCCN(S(=O)(=O)CCCNS(N)(=O)=O)[C@H]3C[C@@H]21. The lowest BCUT2D eigenvalue weighted by atomic mass is 9.77. The third-order valence-electron chi connectivity index (χ3n) is 6.81. The smallest absolute Gasteiger partial charge is 0.274 e. The van der Waals surface area contributed by atoms with Crippen LogP contribution in [-0.2, 0) is 26.7 Å². The number of hydrogen-bond acceptors (Lipinski definition) is 5. The van der Waals surface area contributed by atoms with Gasteiger partial charge >= 0.3 is 0 Å². The van der Waals surface area contributed by atoms with Crippen LogP contribution in [0.1, 0.15) is 48.4 Å². The predicted octanol–water partition coefficient (Wildman–Crippen LogP) is 0.892. The number of fused-ring (bicyclic) bond motifs is 4. The minimum absolute atomic E-state index is 0.0171. The van der Waals surface area contributed by atoms with Gasteiger partial charge in [-0.05, 0) is 56.1 Å². The number of hydrogen-bond donors (Lipinski definition) is 2. The van der Waals surface area contributed by atoms with Crippen LogP contribution in [0.4, 0.5) is 0 Å². The Labute approximate surface area is 180 Å². The van der Waals surface area contributed by atoms with Gasteiger partial charge < -0.3 is 0 Å². The topological polar surface area (TPSA) is 113 Å². The molecule has 10 heteroatoms. The molecule has 3 aliphatic rings. The molecule has 1 aromatic rings. The Kier molecular flexibility index (Phi) is 6.26. The van der Waals surface area contributed by atoms with E-state index >= 15 is 0 Å². The fourth-order valence-electron chi connectivity index (χ4n) is 5.47. The van der Waals surface area contributed by atoms with Gasteiger partial charge in [0.15, 0.2) is 0 Å². The van der Waals surface area contributed by atoms with E-state index in [1.165, 1.54) is 16.7 Å². The molecule has 168 valence electrons. The van der Waals surface area contributed by atoms with Gasteiger partial charge in [0.05, 0.1) is 5.75 Å². The highest BCUT2D eigenvalue weighted by Gasteiger charge is 2.45. The summed E-state index contributed by atoms with van der Waals surface area (Å²) >= 11 is 0. The summed E-state index contributed by atoms with van der Waals surface area (Å²) in [7, 11) is -7.25. The van der Waals surface area contributed by atoms with Crippen LogP contribution >= 0.6 is 0 Å². The largest absolute Gasteiger partial charge is 0.296 e. The Bertz CT molecular complexity index is 996. The zero-order chi connectivity index (χ0) is 21.5. The molecule has 0 bridgehead atoms. The highest BCUT2D eigenvalue weighted by atomic mass is 32.2. The third-order valence-corrected chi connectivity index (χ3v) is 9.39.